The van der Waals surface area contributed by atoms with Crippen LogP contribution < -0.4 is 5.32 Å². The lowest BCUT2D eigenvalue weighted by molar-refractivity contribution is 0.260. The highest BCUT2D eigenvalue weighted by atomic mass is 32.2. The number of nitrogens with zero attached hydrogens (tertiary/aromatic N) is 3. The van der Waals surface area contributed by atoms with Crippen molar-refractivity contribution in [2.24, 2.45) is 5.92 Å². The molecule has 0 amide bonds. The summed E-state index contributed by atoms with van der Waals surface area (Å²) < 4.78 is 29.1. The molecule has 1 atom stereocenters. The van der Waals surface area contributed by atoms with E-state index in [1.165, 1.54) is 12.6 Å². The average molecular weight is 274 g/mol. The molecule has 1 N–H and O–H groups in total. The molecule has 0 aromatic carbocycles. The third-order valence-electron chi connectivity index (χ3n) is 3.07. The van der Waals surface area contributed by atoms with Gasteiger partial charge in [0.2, 0.25) is 16.4 Å². The average Bonchev–Trinajstić information content (AvgIpc) is 2.81. The summed E-state index contributed by atoms with van der Waals surface area (Å²) in [4.78, 5) is 3.91. The Morgan fingerprint density at radius 1 is 1.61 bits per heavy atom. The molecule has 1 fully saturated rings. The number of rotatable bonds is 5. The van der Waals surface area contributed by atoms with E-state index < -0.39 is 10.0 Å². The van der Waals surface area contributed by atoms with Crippen LogP contribution in [-0.2, 0) is 16.6 Å². The molecule has 1 unspecified atom stereocenters. The molecule has 0 radical (unpaired) electrons. The van der Waals surface area contributed by atoms with Gasteiger partial charge in [0.25, 0.3) is 0 Å². The summed E-state index contributed by atoms with van der Waals surface area (Å²) in [5.74, 6) is 0.964. The number of nitrogens with one attached hydrogen (secondary N) is 1. The van der Waals surface area contributed by atoms with E-state index in [-0.39, 0.29) is 0 Å². The van der Waals surface area contributed by atoms with Crippen LogP contribution >= 0.6 is 0 Å². The first kappa shape index (κ1) is 13.4. The Balaban J connectivity index is 1.76. The zero-order valence-corrected chi connectivity index (χ0v) is 11.2. The molecule has 102 valence electrons. The van der Waals surface area contributed by atoms with Crippen molar-refractivity contribution in [3.63, 3.8) is 0 Å². The van der Waals surface area contributed by atoms with Crippen LogP contribution in [0.3, 0.4) is 0 Å². The highest BCUT2D eigenvalue weighted by Crippen LogP contribution is 2.17. The van der Waals surface area contributed by atoms with Crippen molar-refractivity contribution in [1.29, 1.82) is 0 Å². The van der Waals surface area contributed by atoms with Gasteiger partial charge in [-0.3, -0.25) is 0 Å². The van der Waals surface area contributed by atoms with E-state index in [0.717, 1.165) is 19.4 Å². The maximum atomic E-state index is 11.5. The van der Waals surface area contributed by atoms with Crippen LogP contribution in [0.5, 0.6) is 0 Å². The number of hydrogen-bond acceptors (Lipinski definition) is 6. The number of piperidine rings is 1. The zero-order valence-electron chi connectivity index (χ0n) is 10.4. The van der Waals surface area contributed by atoms with Crippen molar-refractivity contribution in [2.45, 2.75) is 19.4 Å². The fraction of sp³-hybridized carbons (Fsp3) is 0.800. The second kappa shape index (κ2) is 5.77. The van der Waals surface area contributed by atoms with Gasteiger partial charge >= 0.3 is 0 Å². The first-order valence-corrected chi connectivity index (χ1v) is 7.81. The fourth-order valence-electron chi connectivity index (χ4n) is 2.15. The molecule has 2 heterocycles. The highest BCUT2D eigenvalue weighted by molar-refractivity contribution is 7.88. The van der Waals surface area contributed by atoms with Crippen LogP contribution in [0.1, 0.15) is 18.7 Å². The molecule has 1 saturated heterocycles. The van der Waals surface area contributed by atoms with Gasteiger partial charge in [0.15, 0.2) is 5.82 Å². The van der Waals surface area contributed by atoms with Crippen molar-refractivity contribution in [2.75, 3.05) is 25.9 Å². The van der Waals surface area contributed by atoms with Crippen molar-refractivity contribution >= 4 is 10.0 Å². The van der Waals surface area contributed by atoms with Crippen molar-refractivity contribution in [1.82, 2.24) is 19.8 Å². The van der Waals surface area contributed by atoms with Crippen LogP contribution in [0.4, 0.5) is 0 Å². The summed E-state index contributed by atoms with van der Waals surface area (Å²) >= 11 is 0. The number of aromatic nitrogens is 2. The molecular weight excluding hydrogens is 256 g/mol. The van der Waals surface area contributed by atoms with E-state index >= 15 is 0 Å². The van der Waals surface area contributed by atoms with Crippen LogP contribution in [0.15, 0.2) is 10.9 Å². The normalized spacial score (nSPS) is 22.2. The van der Waals surface area contributed by atoms with Crippen molar-refractivity contribution in [3.05, 3.63) is 12.2 Å². The van der Waals surface area contributed by atoms with Gasteiger partial charge in [-0.1, -0.05) is 5.16 Å². The van der Waals surface area contributed by atoms with Gasteiger partial charge in [-0.15, -0.1) is 0 Å². The van der Waals surface area contributed by atoms with Gasteiger partial charge in [-0.2, -0.15) is 4.98 Å². The summed E-state index contributed by atoms with van der Waals surface area (Å²) in [6.45, 7) is 2.55. The van der Waals surface area contributed by atoms with Crippen molar-refractivity contribution < 1.29 is 12.9 Å². The summed E-state index contributed by atoms with van der Waals surface area (Å²) in [7, 11) is -3.06. The van der Waals surface area contributed by atoms with Crippen LogP contribution in [0.25, 0.3) is 0 Å². The quantitative estimate of drug-likeness (QED) is 0.802. The molecule has 1 aliphatic rings. The Hall–Kier alpha value is -0.990. The topological polar surface area (TPSA) is 88.3 Å². The monoisotopic (exact) mass is 274 g/mol. The summed E-state index contributed by atoms with van der Waals surface area (Å²) in [5.41, 5.74) is 0. The Morgan fingerprint density at radius 3 is 3.11 bits per heavy atom. The molecule has 18 heavy (non-hydrogen) atoms. The van der Waals surface area contributed by atoms with Gasteiger partial charge < -0.3 is 9.84 Å². The zero-order chi connectivity index (χ0) is 13.0. The Labute approximate surface area is 107 Å². The van der Waals surface area contributed by atoms with Gasteiger partial charge in [-0.05, 0) is 25.3 Å². The number of sulfonamides is 1. The Bertz CT molecular complexity index is 459. The predicted octanol–water partition coefficient (Wildman–Crippen LogP) is -0.169. The molecule has 0 spiro atoms. The molecule has 1 aromatic heterocycles. The third-order valence-corrected chi connectivity index (χ3v) is 4.34. The summed E-state index contributed by atoms with van der Waals surface area (Å²) in [6.07, 6.45) is 4.53. The van der Waals surface area contributed by atoms with Crippen LogP contribution in [0.2, 0.25) is 0 Å². The van der Waals surface area contributed by atoms with Gasteiger partial charge in [-0.25, -0.2) is 12.7 Å². The van der Waals surface area contributed by atoms with Crippen LogP contribution in [-0.4, -0.2) is 48.8 Å². The lowest BCUT2D eigenvalue weighted by atomic mass is 10.00. The first-order chi connectivity index (χ1) is 8.55. The molecule has 1 aromatic rings. The minimum Gasteiger partial charge on any atom is -0.343 e. The Kier molecular flexibility index (Phi) is 4.31. The standard InChI is InChI=1S/C10H18N4O3S/c1-18(15,16)14-4-2-3-9(7-14)5-11-6-10-12-8-17-13-10/h8-9,11H,2-7H2,1H3. The van der Waals surface area contributed by atoms with E-state index in [1.807, 2.05) is 0 Å². The predicted molar refractivity (Wildman–Crippen MR) is 65.1 cm³/mol. The molecule has 0 saturated carbocycles. The van der Waals surface area contributed by atoms with E-state index in [1.54, 1.807) is 4.31 Å². The lowest BCUT2D eigenvalue weighted by Gasteiger charge is -2.30. The minimum atomic E-state index is -3.06. The molecule has 7 nitrogen and oxygen atoms in total. The molecule has 2 rings (SSSR count). The van der Waals surface area contributed by atoms with E-state index in [0.29, 0.717) is 31.4 Å². The van der Waals surface area contributed by atoms with Gasteiger partial charge in [0.05, 0.1) is 12.8 Å². The highest BCUT2D eigenvalue weighted by Gasteiger charge is 2.25. The molecule has 1 aliphatic heterocycles. The SMILES string of the molecule is CS(=O)(=O)N1CCCC(CNCc2ncon2)C1. The molecular formula is C10H18N4O3S. The Morgan fingerprint density at radius 2 is 2.44 bits per heavy atom. The number of hydrogen-bond donors (Lipinski definition) is 1. The summed E-state index contributed by atoms with van der Waals surface area (Å²) in [5, 5.41) is 6.92. The van der Waals surface area contributed by atoms with Gasteiger partial charge in [0.1, 0.15) is 0 Å². The van der Waals surface area contributed by atoms with Gasteiger partial charge in [0, 0.05) is 13.1 Å². The largest absolute Gasteiger partial charge is 0.343 e. The maximum Gasteiger partial charge on any atom is 0.213 e. The maximum absolute atomic E-state index is 11.5. The second-order valence-electron chi connectivity index (χ2n) is 4.61. The minimum absolute atomic E-state index is 0.348. The van der Waals surface area contributed by atoms with Crippen LogP contribution in [0, 0.1) is 5.92 Å². The lowest BCUT2D eigenvalue weighted by Crippen LogP contribution is -2.42. The smallest absolute Gasteiger partial charge is 0.213 e. The molecule has 8 heteroatoms. The second-order valence-corrected chi connectivity index (χ2v) is 6.59. The van der Waals surface area contributed by atoms with E-state index in [9.17, 15) is 8.42 Å². The van der Waals surface area contributed by atoms with Crippen molar-refractivity contribution in [3.8, 4) is 0 Å². The van der Waals surface area contributed by atoms with E-state index in [2.05, 4.69) is 20.0 Å². The molecule has 0 aliphatic carbocycles. The summed E-state index contributed by atoms with van der Waals surface area (Å²) in [6, 6.07) is 0. The van der Waals surface area contributed by atoms with E-state index in [4.69, 9.17) is 0 Å². The molecule has 0 bridgehead atoms. The first-order valence-electron chi connectivity index (χ1n) is 5.97. The third kappa shape index (κ3) is 3.76. The fourth-order valence-corrected chi connectivity index (χ4v) is 3.10.